The topological polar surface area (TPSA) is 0 Å². The molecule has 0 heteroatoms. The van der Waals surface area contributed by atoms with E-state index in [0.29, 0.717) is 17.3 Å². The Labute approximate surface area is 247 Å². The molecule has 1 unspecified atom stereocenters. The van der Waals surface area contributed by atoms with Crippen LogP contribution in [0.15, 0.2) is 113 Å². The Morgan fingerprint density at radius 3 is 2.20 bits per heavy atom. The normalized spacial score (nSPS) is 18.8. The highest BCUT2D eigenvalue weighted by Crippen LogP contribution is 2.42. The van der Waals surface area contributed by atoms with Gasteiger partial charge in [0, 0.05) is 0 Å². The van der Waals surface area contributed by atoms with Gasteiger partial charge in [-0.15, -0.1) is 0 Å². The molecule has 1 aromatic rings. The molecule has 0 amide bonds. The molecule has 0 saturated heterocycles. The van der Waals surface area contributed by atoms with Crippen molar-refractivity contribution in [3.63, 3.8) is 0 Å². The van der Waals surface area contributed by atoms with Crippen LogP contribution in [-0.2, 0) is 0 Å². The van der Waals surface area contributed by atoms with Crippen molar-refractivity contribution in [3.05, 3.63) is 125 Å². The van der Waals surface area contributed by atoms with Crippen molar-refractivity contribution in [2.24, 2.45) is 11.3 Å². The number of allylic oxidation sites excluding steroid dienone is 13. The minimum atomic E-state index is 0.327. The Hall–Kier alpha value is -2.86. The third-order valence-electron chi connectivity index (χ3n) is 8.48. The molecule has 0 radical (unpaired) electrons. The second-order valence-electron chi connectivity index (χ2n) is 13.2. The highest BCUT2D eigenvalue weighted by atomic mass is 14.3. The van der Waals surface area contributed by atoms with E-state index in [1.54, 1.807) is 0 Å². The van der Waals surface area contributed by atoms with E-state index < -0.39 is 0 Å². The van der Waals surface area contributed by atoms with Crippen LogP contribution >= 0.6 is 0 Å². The van der Waals surface area contributed by atoms with Gasteiger partial charge in [-0.05, 0) is 117 Å². The molecule has 0 N–H and O–H groups in total. The zero-order chi connectivity index (χ0) is 30.0. The number of hydrogen-bond acceptors (Lipinski definition) is 0. The monoisotopic (exact) mass is 536 g/mol. The lowest BCUT2D eigenvalue weighted by Crippen LogP contribution is -2.24. The molecule has 1 aliphatic carbocycles. The summed E-state index contributed by atoms with van der Waals surface area (Å²) in [4.78, 5) is 0. The van der Waals surface area contributed by atoms with Crippen molar-refractivity contribution in [1.29, 1.82) is 0 Å². The molecular weight excluding hydrogens is 480 g/mol. The van der Waals surface area contributed by atoms with E-state index in [1.165, 1.54) is 56.6 Å². The molecule has 1 fully saturated rings. The lowest BCUT2D eigenvalue weighted by Gasteiger charge is -2.36. The molecule has 2 atom stereocenters. The van der Waals surface area contributed by atoms with Gasteiger partial charge in [-0.1, -0.05) is 131 Å². The molecule has 0 spiro atoms. The van der Waals surface area contributed by atoms with Gasteiger partial charge in [-0.3, -0.25) is 0 Å². The van der Waals surface area contributed by atoms with Crippen molar-refractivity contribution in [2.75, 3.05) is 0 Å². The van der Waals surface area contributed by atoms with Crippen LogP contribution in [0.3, 0.4) is 0 Å². The van der Waals surface area contributed by atoms with Gasteiger partial charge in [0.1, 0.15) is 0 Å². The first-order valence-electron chi connectivity index (χ1n) is 15.3. The van der Waals surface area contributed by atoms with E-state index in [2.05, 4.69) is 130 Å². The van der Waals surface area contributed by atoms with Crippen LogP contribution < -0.4 is 0 Å². The van der Waals surface area contributed by atoms with Crippen molar-refractivity contribution in [1.82, 2.24) is 0 Å². The predicted octanol–water partition coefficient (Wildman–Crippen LogP) is 12.7. The number of rotatable bonds is 11. The fourth-order valence-electron chi connectivity index (χ4n) is 5.51. The summed E-state index contributed by atoms with van der Waals surface area (Å²) in [6, 6.07) is 9.15. The minimum Gasteiger partial charge on any atom is -0.0961 e. The van der Waals surface area contributed by atoms with Crippen molar-refractivity contribution in [2.45, 2.75) is 107 Å². The third kappa shape index (κ3) is 9.96. The molecule has 0 aliphatic heterocycles. The molecule has 216 valence electrons. The van der Waals surface area contributed by atoms with Crippen LogP contribution in [-0.4, -0.2) is 0 Å². The molecule has 2 rings (SSSR count). The maximum atomic E-state index is 4.56. The summed E-state index contributed by atoms with van der Waals surface area (Å²) in [5.74, 6) is 1.17. The maximum absolute atomic E-state index is 4.56. The van der Waals surface area contributed by atoms with Gasteiger partial charge >= 0.3 is 0 Å². The van der Waals surface area contributed by atoms with Crippen LogP contribution in [0.2, 0.25) is 0 Å². The summed E-state index contributed by atoms with van der Waals surface area (Å²) in [6.07, 6.45) is 17.9. The van der Waals surface area contributed by atoms with Crippen LogP contribution in [0.5, 0.6) is 0 Å². The van der Waals surface area contributed by atoms with E-state index in [9.17, 15) is 0 Å². The molecule has 1 aromatic carbocycles. The van der Waals surface area contributed by atoms with Gasteiger partial charge in [0.25, 0.3) is 0 Å². The molecule has 0 nitrogen and oxygen atoms in total. The molecule has 1 aliphatic rings. The molecule has 0 bridgehead atoms. The fraction of sp³-hybridized carbons (Fsp3) is 0.450. The van der Waals surface area contributed by atoms with Crippen molar-refractivity contribution < 1.29 is 0 Å². The smallest absolute Gasteiger partial charge is 0.0122 e. The lowest BCUT2D eigenvalue weighted by molar-refractivity contribution is 0.215. The zero-order valence-electron chi connectivity index (χ0n) is 27.2. The highest BCUT2D eigenvalue weighted by molar-refractivity contribution is 5.74. The van der Waals surface area contributed by atoms with Crippen LogP contribution in [0.25, 0.3) is 5.57 Å². The standard InChI is InChI=1S/C40H56/c1-13-15-36(35-21-19-34(20-22-35)33(14-2)18-16-28(3)4)24-31(8)32(9)25-37(29(5)6)26-38-27-39(40(10,11)12)23-17-30(38)7/h14,16,18-22,25-26,36,39H,3,7-8,13,15,17,23-24,27H2,1-2,4-6,9-12H3/b18-16-,32-25+,33-14+,38-26-/t36-,39?/m0/s1. The van der Waals surface area contributed by atoms with E-state index >= 15 is 0 Å². The maximum Gasteiger partial charge on any atom is -0.0122 e. The second kappa shape index (κ2) is 15.2. The summed E-state index contributed by atoms with van der Waals surface area (Å²) >= 11 is 0. The molecule has 40 heavy (non-hydrogen) atoms. The Morgan fingerprint density at radius 2 is 1.68 bits per heavy atom. The van der Waals surface area contributed by atoms with Gasteiger partial charge < -0.3 is 0 Å². The van der Waals surface area contributed by atoms with E-state index in [0.717, 1.165) is 37.7 Å². The summed E-state index contributed by atoms with van der Waals surface area (Å²) in [6.45, 7) is 33.2. The third-order valence-corrected chi connectivity index (χ3v) is 8.48. The molecule has 1 saturated carbocycles. The quantitative estimate of drug-likeness (QED) is 0.247. The summed E-state index contributed by atoms with van der Waals surface area (Å²) in [5, 5.41) is 0. The Morgan fingerprint density at radius 1 is 1.02 bits per heavy atom. The second-order valence-corrected chi connectivity index (χ2v) is 13.2. The fourth-order valence-corrected chi connectivity index (χ4v) is 5.51. The number of benzene rings is 1. The van der Waals surface area contributed by atoms with Gasteiger partial charge in [-0.2, -0.15) is 0 Å². The van der Waals surface area contributed by atoms with Gasteiger partial charge in [-0.25, -0.2) is 0 Å². The van der Waals surface area contributed by atoms with Crippen LogP contribution in [0.1, 0.15) is 118 Å². The minimum absolute atomic E-state index is 0.327. The lowest BCUT2D eigenvalue weighted by atomic mass is 9.69. The van der Waals surface area contributed by atoms with E-state index in [1.807, 2.05) is 6.92 Å². The highest BCUT2D eigenvalue weighted by Gasteiger charge is 2.29. The first-order chi connectivity index (χ1) is 18.8. The van der Waals surface area contributed by atoms with Crippen LogP contribution in [0, 0.1) is 11.3 Å². The van der Waals surface area contributed by atoms with E-state index in [-0.39, 0.29) is 0 Å². The number of hydrogen-bond donors (Lipinski definition) is 0. The Bertz CT molecular complexity index is 1200. The van der Waals surface area contributed by atoms with Gasteiger partial charge in [0.2, 0.25) is 0 Å². The predicted molar refractivity (Wildman–Crippen MR) is 182 cm³/mol. The van der Waals surface area contributed by atoms with Gasteiger partial charge in [0.05, 0.1) is 0 Å². The largest absolute Gasteiger partial charge is 0.0961 e. The van der Waals surface area contributed by atoms with Crippen molar-refractivity contribution >= 4 is 5.57 Å². The van der Waals surface area contributed by atoms with Crippen LogP contribution in [0.4, 0.5) is 0 Å². The molecule has 0 heterocycles. The molecular formula is C40H56. The average molecular weight is 537 g/mol. The summed E-state index contributed by atoms with van der Waals surface area (Å²) in [7, 11) is 0. The van der Waals surface area contributed by atoms with Crippen molar-refractivity contribution in [3.8, 4) is 0 Å². The zero-order valence-corrected chi connectivity index (χ0v) is 27.2. The Kier molecular flexibility index (Phi) is 12.7. The molecule has 0 aromatic heterocycles. The first-order valence-corrected chi connectivity index (χ1v) is 15.3. The Balaban J connectivity index is 2.26. The summed E-state index contributed by atoms with van der Waals surface area (Å²) in [5.41, 5.74) is 13.2. The SMILES string of the molecule is C=C(C)/C=C\C(=C/C)c1ccc([C@@H](CCC)CC(=C)/C(C)=C/C(/C=C2/CC(C(C)(C)C)CCC2=C)=C(C)C)cc1. The average Bonchev–Trinajstić information content (AvgIpc) is 2.88. The summed E-state index contributed by atoms with van der Waals surface area (Å²) < 4.78 is 0. The van der Waals surface area contributed by atoms with Gasteiger partial charge in [0.15, 0.2) is 0 Å². The first kappa shape index (κ1) is 33.3. The van der Waals surface area contributed by atoms with E-state index in [4.69, 9.17) is 0 Å².